The standard InChI is InChI=1S/C5H9ClO3S/c6-4-2-1-3-5(4)10(7,8)9/h4-5H,1-3H2,(H,7,8,9). The summed E-state index contributed by atoms with van der Waals surface area (Å²) in [5.74, 6) is 0. The Labute approximate surface area is 65.1 Å². The van der Waals surface area contributed by atoms with Crippen LogP contribution in [0.4, 0.5) is 0 Å². The molecule has 0 heterocycles. The summed E-state index contributed by atoms with van der Waals surface area (Å²) in [6.07, 6.45) is 1.97. The smallest absolute Gasteiger partial charge is 0.269 e. The van der Waals surface area contributed by atoms with Gasteiger partial charge in [0.25, 0.3) is 10.1 Å². The Balaban J connectivity index is 2.74. The fourth-order valence-corrected chi connectivity index (χ4v) is 2.86. The van der Waals surface area contributed by atoms with E-state index in [9.17, 15) is 8.42 Å². The third-order valence-corrected chi connectivity index (χ3v) is 3.76. The summed E-state index contributed by atoms with van der Waals surface area (Å²) in [5.41, 5.74) is 0. The molecule has 0 aromatic rings. The summed E-state index contributed by atoms with van der Waals surface area (Å²) in [7, 11) is -3.88. The van der Waals surface area contributed by atoms with Gasteiger partial charge in [-0.25, -0.2) is 0 Å². The molecular weight excluding hydrogens is 176 g/mol. The molecule has 0 radical (unpaired) electrons. The van der Waals surface area contributed by atoms with Gasteiger partial charge in [0.1, 0.15) is 5.25 Å². The molecule has 0 aliphatic heterocycles. The minimum absolute atomic E-state index is 0.394. The zero-order valence-electron chi connectivity index (χ0n) is 5.33. The minimum atomic E-state index is -3.88. The van der Waals surface area contributed by atoms with Gasteiger partial charge in [-0.3, -0.25) is 4.55 Å². The molecule has 1 aliphatic rings. The van der Waals surface area contributed by atoms with Gasteiger partial charge in [0.05, 0.1) is 5.38 Å². The van der Waals surface area contributed by atoms with Crippen LogP contribution >= 0.6 is 11.6 Å². The second kappa shape index (κ2) is 2.68. The Morgan fingerprint density at radius 1 is 1.40 bits per heavy atom. The van der Waals surface area contributed by atoms with E-state index >= 15 is 0 Å². The van der Waals surface area contributed by atoms with Crippen LogP contribution in [-0.4, -0.2) is 23.6 Å². The molecule has 3 nitrogen and oxygen atoms in total. The van der Waals surface area contributed by atoms with E-state index in [1.807, 2.05) is 0 Å². The maximum Gasteiger partial charge on any atom is 0.269 e. The van der Waals surface area contributed by atoms with Gasteiger partial charge >= 0.3 is 0 Å². The van der Waals surface area contributed by atoms with Crippen molar-refractivity contribution < 1.29 is 13.0 Å². The van der Waals surface area contributed by atoms with Crippen molar-refractivity contribution in [2.24, 2.45) is 0 Å². The van der Waals surface area contributed by atoms with Crippen LogP contribution in [0.2, 0.25) is 0 Å². The SMILES string of the molecule is O=S(=O)(O)C1CCCC1Cl. The van der Waals surface area contributed by atoms with E-state index in [0.717, 1.165) is 6.42 Å². The van der Waals surface area contributed by atoms with Gasteiger partial charge in [-0.2, -0.15) is 8.42 Å². The van der Waals surface area contributed by atoms with Gasteiger partial charge in [0, 0.05) is 0 Å². The van der Waals surface area contributed by atoms with Crippen LogP contribution in [0.15, 0.2) is 0 Å². The molecule has 0 aromatic heterocycles. The second-order valence-corrected chi connectivity index (χ2v) is 4.70. The van der Waals surface area contributed by atoms with Gasteiger partial charge in [-0.1, -0.05) is 6.42 Å². The lowest BCUT2D eigenvalue weighted by molar-refractivity contribution is 0.468. The number of hydrogen-bond acceptors (Lipinski definition) is 2. The van der Waals surface area contributed by atoms with Gasteiger partial charge in [-0.05, 0) is 12.8 Å². The van der Waals surface area contributed by atoms with Crippen molar-refractivity contribution in [2.75, 3.05) is 0 Å². The molecule has 1 rings (SSSR count). The molecule has 60 valence electrons. The highest BCUT2D eigenvalue weighted by molar-refractivity contribution is 7.86. The van der Waals surface area contributed by atoms with Crippen LogP contribution in [0.5, 0.6) is 0 Å². The molecule has 0 aromatic carbocycles. The molecule has 0 spiro atoms. The number of alkyl halides is 1. The van der Waals surface area contributed by atoms with Gasteiger partial charge in [0.2, 0.25) is 0 Å². The molecule has 2 atom stereocenters. The molecule has 10 heavy (non-hydrogen) atoms. The van der Waals surface area contributed by atoms with Crippen LogP contribution in [0.3, 0.4) is 0 Å². The third-order valence-electron chi connectivity index (χ3n) is 1.75. The summed E-state index contributed by atoms with van der Waals surface area (Å²) < 4.78 is 29.6. The predicted octanol–water partition coefficient (Wildman–Crippen LogP) is 1.03. The molecule has 1 N–H and O–H groups in total. The Kier molecular flexibility index (Phi) is 2.22. The van der Waals surface area contributed by atoms with E-state index in [4.69, 9.17) is 16.2 Å². The predicted molar refractivity (Wildman–Crippen MR) is 38.8 cm³/mol. The lowest BCUT2D eigenvalue weighted by atomic mass is 10.4. The highest BCUT2D eigenvalue weighted by Gasteiger charge is 2.34. The van der Waals surface area contributed by atoms with Crippen molar-refractivity contribution in [1.82, 2.24) is 0 Å². The first-order valence-electron chi connectivity index (χ1n) is 3.12. The summed E-state index contributed by atoms with van der Waals surface area (Å²) in [6, 6.07) is 0. The largest absolute Gasteiger partial charge is 0.285 e. The zero-order valence-corrected chi connectivity index (χ0v) is 6.90. The molecule has 0 amide bonds. The molecule has 2 unspecified atom stereocenters. The Hall–Kier alpha value is 0.200. The number of rotatable bonds is 1. The molecule has 1 fully saturated rings. The number of hydrogen-bond donors (Lipinski definition) is 1. The van der Waals surface area contributed by atoms with Crippen molar-refractivity contribution in [2.45, 2.75) is 29.9 Å². The monoisotopic (exact) mass is 184 g/mol. The lowest BCUT2D eigenvalue weighted by Crippen LogP contribution is -2.24. The normalized spacial score (nSPS) is 34.6. The van der Waals surface area contributed by atoms with E-state index in [1.165, 1.54) is 0 Å². The van der Waals surface area contributed by atoms with Crippen LogP contribution < -0.4 is 0 Å². The van der Waals surface area contributed by atoms with Gasteiger partial charge in [0.15, 0.2) is 0 Å². The third kappa shape index (κ3) is 1.62. The first-order chi connectivity index (χ1) is 4.52. The summed E-state index contributed by atoms with van der Waals surface area (Å²) in [4.78, 5) is 0. The molecule has 0 saturated heterocycles. The fraction of sp³-hybridized carbons (Fsp3) is 1.00. The Bertz CT molecular complexity index is 211. The summed E-state index contributed by atoms with van der Waals surface area (Å²) in [5, 5.41) is -1.12. The Morgan fingerprint density at radius 3 is 2.20 bits per heavy atom. The quantitative estimate of drug-likeness (QED) is 0.489. The van der Waals surface area contributed by atoms with Crippen LogP contribution in [0, 0.1) is 0 Å². The molecule has 5 heteroatoms. The van der Waals surface area contributed by atoms with Crippen molar-refractivity contribution in [3.63, 3.8) is 0 Å². The summed E-state index contributed by atoms with van der Waals surface area (Å²) >= 11 is 5.62. The van der Waals surface area contributed by atoms with Crippen molar-refractivity contribution in [1.29, 1.82) is 0 Å². The highest BCUT2D eigenvalue weighted by atomic mass is 35.5. The van der Waals surface area contributed by atoms with Crippen LogP contribution in [0.25, 0.3) is 0 Å². The second-order valence-electron chi connectivity index (χ2n) is 2.50. The zero-order chi connectivity index (χ0) is 7.78. The van der Waals surface area contributed by atoms with Crippen LogP contribution in [0.1, 0.15) is 19.3 Å². The van der Waals surface area contributed by atoms with E-state index in [0.29, 0.717) is 12.8 Å². The molecule has 1 aliphatic carbocycles. The topological polar surface area (TPSA) is 54.4 Å². The maximum absolute atomic E-state index is 10.5. The minimum Gasteiger partial charge on any atom is -0.285 e. The first-order valence-corrected chi connectivity index (χ1v) is 5.06. The average molecular weight is 185 g/mol. The van der Waals surface area contributed by atoms with E-state index in [2.05, 4.69) is 0 Å². The molecule has 0 bridgehead atoms. The lowest BCUT2D eigenvalue weighted by Gasteiger charge is -2.07. The van der Waals surface area contributed by atoms with Gasteiger partial charge in [-0.15, -0.1) is 11.6 Å². The van der Waals surface area contributed by atoms with E-state index < -0.39 is 20.7 Å². The fourth-order valence-electron chi connectivity index (χ4n) is 1.22. The maximum atomic E-state index is 10.5. The molecule has 1 saturated carbocycles. The van der Waals surface area contributed by atoms with Crippen molar-refractivity contribution >= 4 is 21.7 Å². The molecular formula is C5H9ClO3S. The van der Waals surface area contributed by atoms with E-state index in [1.54, 1.807) is 0 Å². The number of halogens is 1. The van der Waals surface area contributed by atoms with Crippen molar-refractivity contribution in [3.05, 3.63) is 0 Å². The average Bonchev–Trinajstić information content (AvgIpc) is 2.11. The van der Waals surface area contributed by atoms with Crippen LogP contribution in [-0.2, 0) is 10.1 Å². The van der Waals surface area contributed by atoms with Gasteiger partial charge < -0.3 is 0 Å². The first kappa shape index (κ1) is 8.30. The van der Waals surface area contributed by atoms with Crippen molar-refractivity contribution in [3.8, 4) is 0 Å². The summed E-state index contributed by atoms with van der Waals surface area (Å²) in [6.45, 7) is 0. The highest BCUT2D eigenvalue weighted by Crippen LogP contribution is 2.28. The Morgan fingerprint density at radius 2 is 2.00 bits per heavy atom. The van der Waals surface area contributed by atoms with E-state index in [-0.39, 0.29) is 0 Å².